The van der Waals surface area contributed by atoms with Gasteiger partial charge in [-0.2, -0.15) is 11.8 Å². The molecule has 1 N–H and O–H groups in total. The van der Waals surface area contributed by atoms with Crippen LogP contribution in [0, 0.1) is 0 Å². The maximum absolute atomic E-state index is 8.43. The van der Waals surface area contributed by atoms with Gasteiger partial charge in [-0.15, -0.1) is 0 Å². The standard InChI is InChI=1S/C11H15NOS/c1-10(12-13)7-8-14-9-11-5-3-2-4-6-11/h2-6,13H,7-9H2,1H3/b12-10+. The summed E-state index contributed by atoms with van der Waals surface area (Å²) in [4.78, 5) is 0. The zero-order chi connectivity index (χ0) is 10.2. The molecule has 2 nitrogen and oxygen atoms in total. The number of hydrogen-bond donors (Lipinski definition) is 1. The van der Waals surface area contributed by atoms with Crippen molar-refractivity contribution in [2.75, 3.05) is 5.75 Å². The van der Waals surface area contributed by atoms with Crippen molar-refractivity contribution in [3.8, 4) is 0 Å². The molecule has 76 valence electrons. The molecule has 1 rings (SSSR count). The maximum Gasteiger partial charge on any atom is 0.0548 e. The lowest BCUT2D eigenvalue weighted by Crippen LogP contribution is -1.93. The minimum atomic E-state index is 0.797. The molecule has 0 saturated heterocycles. The molecule has 0 aromatic heterocycles. The zero-order valence-electron chi connectivity index (χ0n) is 8.31. The molecule has 0 radical (unpaired) electrons. The molecule has 0 heterocycles. The molecule has 0 atom stereocenters. The van der Waals surface area contributed by atoms with Crippen LogP contribution in [0.25, 0.3) is 0 Å². The third kappa shape index (κ3) is 4.33. The molecule has 0 unspecified atom stereocenters. The Bertz CT molecular complexity index is 285. The zero-order valence-corrected chi connectivity index (χ0v) is 9.13. The average Bonchev–Trinajstić information content (AvgIpc) is 2.25. The van der Waals surface area contributed by atoms with Crippen molar-refractivity contribution in [3.63, 3.8) is 0 Å². The number of hydrogen-bond acceptors (Lipinski definition) is 3. The molecule has 3 heteroatoms. The van der Waals surface area contributed by atoms with Gasteiger partial charge in [-0.3, -0.25) is 0 Å². The van der Waals surface area contributed by atoms with Crippen LogP contribution in [-0.4, -0.2) is 16.7 Å². The number of oxime groups is 1. The molecule has 1 aromatic carbocycles. The van der Waals surface area contributed by atoms with E-state index < -0.39 is 0 Å². The van der Waals surface area contributed by atoms with E-state index in [0.717, 1.165) is 23.6 Å². The van der Waals surface area contributed by atoms with E-state index in [0.29, 0.717) is 0 Å². The monoisotopic (exact) mass is 209 g/mol. The summed E-state index contributed by atoms with van der Waals surface area (Å²) in [5, 5.41) is 11.6. The van der Waals surface area contributed by atoms with Crippen LogP contribution in [-0.2, 0) is 5.75 Å². The largest absolute Gasteiger partial charge is 0.411 e. The van der Waals surface area contributed by atoms with Gasteiger partial charge in [0.25, 0.3) is 0 Å². The number of benzene rings is 1. The van der Waals surface area contributed by atoms with Crippen LogP contribution >= 0.6 is 11.8 Å². The van der Waals surface area contributed by atoms with Crippen molar-refractivity contribution in [2.45, 2.75) is 19.1 Å². The van der Waals surface area contributed by atoms with Crippen LogP contribution < -0.4 is 0 Å². The van der Waals surface area contributed by atoms with Gasteiger partial charge in [0.05, 0.1) is 5.71 Å². The summed E-state index contributed by atoms with van der Waals surface area (Å²) in [6.45, 7) is 1.84. The molecule has 14 heavy (non-hydrogen) atoms. The minimum absolute atomic E-state index is 0.797. The predicted molar refractivity (Wildman–Crippen MR) is 62.1 cm³/mol. The van der Waals surface area contributed by atoms with E-state index in [1.54, 1.807) is 0 Å². The van der Waals surface area contributed by atoms with Crippen LogP contribution in [0.4, 0.5) is 0 Å². The molecule has 0 saturated carbocycles. The van der Waals surface area contributed by atoms with Crippen LogP contribution in [0.15, 0.2) is 35.5 Å². The first-order valence-electron chi connectivity index (χ1n) is 4.62. The number of nitrogens with zero attached hydrogens (tertiary/aromatic N) is 1. The van der Waals surface area contributed by atoms with Gasteiger partial charge < -0.3 is 5.21 Å². The van der Waals surface area contributed by atoms with Gasteiger partial charge >= 0.3 is 0 Å². The van der Waals surface area contributed by atoms with Crippen molar-refractivity contribution in [1.82, 2.24) is 0 Å². The fourth-order valence-electron chi connectivity index (χ4n) is 1.03. The van der Waals surface area contributed by atoms with Crippen LogP contribution in [0.1, 0.15) is 18.9 Å². The molecule has 0 fully saturated rings. The normalized spacial score (nSPS) is 11.6. The lowest BCUT2D eigenvalue weighted by molar-refractivity contribution is 0.317. The summed E-state index contributed by atoms with van der Waals surface area (Å²) < 4.78 is 0. The Kier molecular flexibility index (Phi) is 5.15. The van der Waals surface area contributed by atoms with Gasteiger partial charge in [-0.05, 0) is 24.7 Å². The Morgan fingerprint density at radius 2 is 2.07 bits per heavy atom. The van der Waals surface area contributed by atoms with Crippen molar-refractivity contribution < 1.29 is 5.21 Å². The van der Waals surface area contributed by atoms with Crippen molar-refractivity contribution in [3.05, 3.63) is 35.9 Å². The number of rotatable bonds is 5. The Hall–Kier alpha value is -0.960. The van der Waals surface area contributed by atoms with Crippen molar-refractivity contribution in [1.29, 1.82) is 0 Å². The first-order valence-corrected chi connectivity index (χ1v) is 5.77. The number of thioether (sulfide) groups is 1. The summed E-state index contributed by atoms with van der Waals surface area (Å²) in [5.41, 5.74) is 2.14. The maximum atomic E-state index is 8.43. The highest BCUT2D eigenvalue weighted by molar-refractivity contribution is 7.98. The van der Waals surface area contributed by atoms with E-state index in [1.165, 1.54) is 5.56 Å². The van der Waals surface area contributed by atoms with Gasteiger partial charge in [0, 0.05) is 5.75 Å². The van der Waals surface area contributed by atoms with Crippen LogP contribution in [0.5, 0.6) is 0 Å². The summed E-state index contributed by atoms with van der Waals surface area (Å²) in [6.07, 6.45) is 0.855. The third-order valence-corrected chi connectivity index (χ3v) is 2.92. The Balaban J connectivity index is 2.17. The van der Waals surface area contributed by atoms with E-state index in [2.05, 4.69) is 29.4 Å². The van der Waals surface area contributed by atoms with E-state index in [4.69, 9.17) is 5.21 Å². The van der Waals surface area contributed by atoms with E-state index >= 15 is 0 Å². The Labute approximate surface area is 89.0 Å². The fraction of sp³-hybridized carbons (Fsp3) is 0.364. The van der Waals surface area contributed by atoms with Crippen LogP contribution in [0.3, 0.4) is 0 Å². The topological polar surface area (TPSA) is 32.6 Å². The predicted octanol–water partition coefficient (Wildman–Crippen LogP) is 3.16. The summed E-state index contributed by atoms with van der Waals surface area (Å²) in [7, 11) is 0. The molecule has 0 aliphatic heterocycles. The molecule has 0 aliphatic rings. The summed E-state index contributed by atoms with van der Waals surface area (Å²) >= 11 is 1.86. The molecule has 0 aliphatic carbocycles. The van der Waals surface area contributed by atoms with Gasteiger partial charge in [0.15, 0.2) is 0 Å². The van der Waals surface area contributed by atoms with E-state index in [-0.39, 0.29) is 0 Å². The highest BCUT2D eigenvalue weighted by Gasteiger charge is 1.94. The molecule has 1 aromatic rings. The molecule has 0 spiro atoms. The highest BCUT2D eigenvalue weighted by atomic mass is 32.2. The SMILES string of the molecule is C/C(CCSCc1ccccc1)=N\O. The molecule has 0 amide bonds. The molecule has 0 bridgehead atoms. The van der Waals surface area contributed by atoms with Gasteiger partial charge in [0.2, 0.25) is 0 Å². The molecular weight excluding hydrogens is 194 g/mol. The van der Waals surface area contributed by atoms with E-state index in [1.807, 2.05) is 24.8 Å². The van der Waals surface area contributed by atoms with E-state index in [9.17, 15) is 0 Å². The second kappa shape index (κ2) is 6.49. The Morgan fingerprint density at radius 1 is 1.36 bits per heavy atom. The van der Waals surface area contributed by atoms with Crippen molar-refractivity contribution >= 4 is 17.5 Å². The second-order valence-corrected chi connectivity index (χ2v) is 4.23. The average molecular weight is 209 g/mol. The van der Waals surface area contributed by atoms with Crippen molar-refractivity contribution in [2.24, 2.45) is 5.16 Å². The lowest BCUT2D eigenvalue weighted by atomic mass is 10.2. The summed E-state index contributed by atoms with van der Waals surface area (Å²) in [6, 6.07) is 10.4. The quantitative estimate of drug-likeness (QED) is 0.350. The Morgan fingerprint density at radius 3 is 2.71 bits per heavy atom. The smallest absolute Gasteiger partial charge is 0.0548 e. The van der Waals surface area contributed by atoms with Gasteiger partial charge in [0.1, 0.15) is 0 Å². The highest BCUT2D eigenvalue weighted by Crippen LogP contribution is 2.12. The fourth-order valence-corrected chi connectivity index (χ4v) is 2.05. The minimum Gasteiger partial charge on any atom is -0.411 e. The first-order chi connectivity index (χ1) is 6.83. The first kappa shape index (κ1) is 11.1. The second-order valence-electron chi connectivity index (χ2n) is 3.12. The van der Waals surface area contributed by atoms with Crippen LogP contribution in [0.2, 0.25) is 0 Å². The lowest BCUT2D eigenvalue weighted by Gasteiger charge is -2.00. The third-order valence-electron chi connectivity index (χ3n) is 1.89. The van der Waals surface area contributed by atoms with Gasteiger partial charge in [-0.25, -0.2) is 0 Å². The molecular formula is C11H15NOS. The van der Waals surface area contributed by atoms with Gasteiger partial charge in [-0.1, -0.05) is 35.5 Å². The summed E-state index contributed by atoms with van der Waals surface area (Å²) in [5.74, 6) is 2.03.